The SMILES string of the molecule is CCC1=CCC2C3CCC4=C(CC[C@H](O)C4)C3CC[C@]12C. The molecule has 1 N–H and O–H groups in total. The number of hydrogen-bond donors (Lipinski definition) is 1. The number of hydrogen-bond acceptors (Lipinski definition) is 1. The third-order valence-electron chi connectivity index (χ3n) is 7.47. The molecule has 0 aromatic carbocycles. The van der Waals surface area contributed by atoms with Crippen LogP contribution in [0.25, 0.3) is 0 Å². The van der Waals surface area contributed by atoms with E-state index >= 15 is 0 Å². The van der Waals surface area contributed by atoms with Crippen LogP contribution in [0.2, 0.25) is 0 Å². The lowest BCUT2D eigenvalue weighted by molar-refractivity contribution is 0.0482. The molecule has 21 heavy (non-hydrogen) atoms. The fourth-order valence-corrected chi connectivity index (χ4v) is 6.39. The first kappa shape index (κ1) is 14.1. The average Bonchev–Trinajstić information content (AvgIpc) is 2.83. The molecule has 1 fully saturated rings. The maximum absolute atomic E-state index is 9.96. The fourth-order valence-electron chi connectivity index (χ4n) is 6.39. The molecule has 1 heteroatoms. The monoisotopic (exact) mass is 286 g/mol. The van der Waals surface area contributed by atoms with Crippen molar-refractivity contribution in [1.29, 1.82) is 0 Å². The fraction of sp³-hybridized carbons (Fsp3) is 0.800. The van der Waals surface area contributed by atoms with Gasteiger partial charge in [0.25, 0.3) is 0 Å². The molecule has 0 aromatic heterocycles. The first-order valence-corrected chi connectivity index (χ1v) is 9.22. The van der Waals surface area contributed by atoms with Crippen molar-refractivity contribution in [2.24, 2.45) is 23.2 Å². The van der Waals surface area contributed by atoms with E-state index in [2.05, 4.69) is 19.9 Å². The topological polar surface area (TPSA) is 20.2 Å². The Hall–Kier alpha value is -0.560. The van der Waals surface area contributed by atoms with Crippen LogP contribution in [0.5, 0.6) is 0 Å². The Labute approximate surface area is 129 Å². The number of aliphatic hydroxyl groups excluding tert-OH is 1. The lowest BCUT2D eigenvalue weighted by Gasteiger charge is -2.52. The molecular weight excluding hydrogens is 256 g/mol. The van der Waals surface area contributed by atoms with Gasteiger partial charge in [-0.1, -0.05) is 36.6 Å². The summed E-state index contributed by atoms with van der Waals surface area (Å²) < 4.78 is 0. The van der Waals surface area contributed by atoms with Gasteiger partial charge in [-0.15, -0.1) is 0 Å². The molecule has 1 nitrogen and oxygen atoms in total. The highest BCUT2D eigenvalue weighted by atomic mass is 16.3. The van der Waals surface area contributed by atoms with Gasteiger partial charge in [-0.25, -0.2) is 0 Å². The Kier molecular flexibility index (Phi) is 3.33. The van der Waals surface area contributed by atoms with Gasteiger partial charge in [-0.05, 0) is 81.0 Å². The molecule has 0 bridgehead atoms. The summed E-state index contributed by atoms with van der Waals surface area (Å²) in [5, 5.41) is 9.96. The highest BCUT2D eigenvalue weighted by Gasteiger charge is 2.51. The molecule has 0 amide bonds. The average molecular weight is 286 g/mol. The molecule has 1 saturated carbocycles. The first-order valence-electron chi connectivity index (χ1n) is 9.22. The standard InChI is InChI=1S/C20H30O/c1-3-14-5-9-19-18-7-4-13-12-15(21)6-8-16(13)17(18)10-11-20(14,19)2/h5,15,17-19,21H,3-4,6-12H2,1-2H3/t15-,17?,18?,19?,20+/m0/s1. The Morgan fingerprint density at radius 1 is 1.24 bits per heavy atom. The summed E-state index contributed by atoms with van der Waals surface area (Å²) in [6, 6.07) is 0. The van der Waals surface area contributed by atoms with Crippen molar-refractivity contribution in [3.05, 3.63) is 22.8 Å². The van der Waals surface area contributed by atoms with E-state index in [1.807, 2.05) is 0 Å². The van der Waals surface area contributed by atoms with Gasteiger partial charge >= 0.3 is 0 Å². The van der Waals surface area contributed by atoms with Gasteiger partial charge in [-0.2, -0.15) is 0 Å². The van der Waals surface area contributed by atoms with Crippen molar-refractivity contribution >= 4 is 0 Å². The van der Waals surface area contributed by atoms with Crippen LogP contribution in [-0.2, 0) is 0 Å². The summed E-state index contributed by atoms with van der Waals surface area (Å²) in [6.07, 6.45) is 13.8. The van der Waals surface area contributed by atoms with Gasteiger partial charge in [-0.3, -0.25) is 0 Å². The molecule has 5 atom stereocenters. The molecule has 0 spiro atoms. The van der Waals surface area contributed by atoms with Gasteiger partial charge < -0.3 is 5.11 Å². The quantitative estimate of drug-likeness (QED) is 0.672. The molecule has 4 rings (SSSR count). The zero-order chi connectivity index (χ0) is 14.6. The summed E-state index contributed by atoms with van der Waals surface area (Å²) in [6.45, 7) is 4.90. The molecule has 0 aromatic rings. The third-order valence-corrected chi connectivity index (χ3v) is 7.47. The Bertz CT molecular complexity index is 500. The van der Waals surface area contributed by atoms with Crippen LogP contribution in [-0.4, -0.2) is 11.2 Å². The molecular formula is C20H30O. The maximum atomic E-state index is 9.96. The van der Waals surface area contributed by atoms with Crippen molar-refractivity contribution in [2.45, 2.75) is 77.7 Å². The molecule has 0 aliphatic heterocycles. The third kappa shape index (κ3) is 2.00. The van der Waals surface area contributed by atoms with Crippen molar-refractivity contribution in [2.75, 3.05) is 0 Å². The van der Waals surface area contributed by atoms with E-state index in [0.717, 1.165) is 30.6 Å². The number of aliphatic hydroxyl groups is 1. The van der Waals surface area contributed by atoms with Crippen molar-refractivity contribution < 1.29 is 5.11 Å². The molecule has 4 aliphatic carbocycles. The van der Waals surface area contributed by atoms with E-state index in [-0.39, 0.29) is 6.10 Å². The largest absolute Gasteiger partial charge is 0.393 e. The Morgan fingerprint density at radius 2 is 2.10 bits per heavy atom. The minimum atomic E-state index is -0.0472. The zero-order valence-electron chi connectivity index (χ0n) is 13.7. The summed E-state index contributed by atoms with van der Waals surface area (Å²) in [5.74, 6) is 2.70. The maximum Gasteiger partial charge on any atom is 0.0580 e. The number of allylic oxidation sites excluding steroid dienone is 3. The minimum Gasteiger partial charge on any atom is -0.393 e. The summed E-state index contributed by atoms with van der Waals surface area (Å²) in [5.41, 5.74) is 5.72. The van der Waals surface area contributed by atoms with Crippen LogP contribution >= 0.6 is 0 Å². The second kappa shape index (κ2) is 4.98. The molecule has 0 heterocycles. The van der Waals surface area contributed by atoms with Gasteiger partial charge in [0.1, 0.15) is 0 Å². The van der Waals surface area contributed by atoms with Crippen LogP contribution in [0.1, 0.15) is 71.6 Å². The van der Waals surface area contributed by atoms with Crippen molar-refractivity contribution in [1.82, 2.24) is 0 Å². The molecule has 0 saturated heterocycles. The smallest absolute Gasteiger partial charge is 0.0580 e. The second-order valence-corrected chi connectivity index (χ2v) is 8.22. The van der Waals surface area contributed by atoms with Crippen LogP contribution in [0.3, 0.4) is 0 Å². The summed E-state index contributed by atoms with van der Waals surface area (Å²) in [4.78, 5) is 0. The van der Waals surface area contributed by atoms with Gasteiger partial charge in [0.15, 0.2) is 0 Å². The highest BCUT2D eigenvalue weighted by Crippen LogP contribution is 2.61. The lowest BCUT2D eigenvalue weighted by atomic mass is 9.53. The van der Waals surface area contributed by atoms with Gasteiger partial charge in [0.05, 0.1) is 6.10 Å². The predicted molar refractivity (Wildman–Crippen MR) is 86.9 cm³/mol. The van der Waals surface area contributed by atoms with Crippen LogP contribution < -0.4 is 0 Å². The van der Waals surface area contributed by atoms with Crippen LogP contribution in [0.15, 0.2) is 22.8 Å². The number of rotatable bonds is 1. The molecule has 4 aliphatic rings. The van der Waals surface area contributed by atoms with Gasteiger partial charge in [0.2, 0.25) is 0 Å². The lowest BCUT2D eigenvalue weighted by Crippen LogP contribution is -2.43. The molecule has 3 unspecified atom stereocenters. The second-order valence-electron chi connectivity index (χ2n) is 8.22. The zero-order valence-corrected chi connectivity index (χ0v) is 13.7. The summed E-state index contributed by atoms with van der Waals surface area (Å²) in [7, 11) is 0. The first-order chi connectivity index (χ1) is 10.1. The normalized spacial score (nSPS) is 45.8. The van der Waals surface area contributed by atoms with Crippen LogP contribution in [0, 0.1) is 23.2 Å². The van der Waals surface area contributed by atoms with E-state index in [1.165, 1.54) is 44.9 Å². The molecule has 0 radical (unpaired) electrons. The van der Waals surface area contributed by atoms with E-state index in [0.29, 0.717) is 5.41 Å². The van der Waals surface area contributed by atoms with Crippen molar-refractivity contribution in [3.8, 4) is 0 Å². The Morgan fingerprint density at radius 3 is 2.90 bits per heavy atom. The predicted octanol–water partition coefficient (Wildman–Crippen LogP) is 5.01. The van der Waals surface area contributed by atoms with E-state index in [9.17, 15) is 5.11 Å². The van der Waals surface area contributed by atoms with E-state index in [1.54, 1.807) is 16.7 Å². The van der Waals surface area contributed by atoms with Crippen LogP contribution in [0.4, 0.5) is 0 Å². The minimum absolute atomic E-state index is 0.0472. The van der Waals surface area contributed by atoms with E-state index < -0.39 is 0 Å². The molecule has 116 valence electrons. The van der Waals surface area contributed by atoms with Crippen molar-refractivity contribution in [3.63, 3.8) is 0 Å². The van der Waals surface area contributed by atoms with Gasteiger partial charge in [0, 0.05) is 0 Å². The number of fused-ring (bicyclic) bond motifs is 4. The summed E-state index contributed by atoms with van der Waals surface area (Å²) >= 11 is 0. The highest BCUT2D eigenvalue weighted by molar-refractivity contribution is 5.31. The Balaban J connectivity index is 1.62. The van der Waals surface area contributed by atoms with E-state index in [4.69, 9.17) is 0 Å².